The average molecular weight is 590 g/mol. The molecule has 0 saturated heterocycles. The van der Waals surface area contributed by atoms with Crippen molar-refractivity contribution >= 4 is 32.7 Å². The van der Waals surface area contributed by atoms with E-state index in [0.29, 0.717) is 17.5 Å². The Morgan fingerprint density at radius 3 is 1.46 bits per heavy atom. The Morgan fingerprint density at radius 2 is 0.848 bits per heavy atom. The van der Waals surface area contributed by atoms with Crippen molar-refractivity contribution in [2.75, 3.05) is 0 Å². The monoisotopic (exact) mass is 589 g/mol. The summed E-state index contributed by atoms with van der Waals surface area (Å²) in [6.45, 7) is 0. The van der Waals surface area contributed by atoms with Crippen LogP contribution in [0.3, 0.4) is 0 Å². The van der Waals surface area contributed by atoms with Crippen molar-refractivity contribution in [2.45, 2.75) is 0 Å². The van der Waals surface area contributed by atoms with Crippen LogP contribution < -0.4 is 0 Å². The van der Waals surface area contributed by atoms with Crippen molar-refractivity contribution in [3.63, 3.8) is 0 Å². The molecule has 0 unspecified atom stereocenters. The van der Waals surface area contributed by atoms with Gasteiger partial charge < -0.3 is 9.13 Å². The van der Waals surface area contributed by atoms with Crippen LogP contribution in [-0.4, -0.2) is 24.1 Å². The predicted molar refractivity (Wildman–Crippen MR) is 187 cm³/mol. The highest BCUT2D eigenvalue weighted by atomic mass is 15.0. The molecule has 0 spiro atoms. The number of benzene rings is 6. The van der Waals surface area contributed by atoms with Crippen molar-refractivity contribution in [1.29, 1.82) is 0 Å². The van der Waals surface area contributed by atoms with Crippen molar-refractivity contribution in [3.8, 4) is 45.5 Å². The van der Waals surface area contributed by atoms with Gasteiger partial charge in [-0.2, -0.15) is 0 Å². The molecule has 3 heterocycles. The van der Waals surface area contributed by atoms with Gasteiger partial charge >= 0.3 is 0 Å². The minimum Gasteiger partial charge on any atom is -0.316 e. The highest BCUT2D eigenvalue weighted by Crippen LogP contribution is 2.35. The van der Waals surface area contributed by atoms with E-state index in [1.54, 1.807) is 0 Å². The summed E-state index contributed by atoms with van der Waals surface area (Å²) in [5.41, 5.74) is 8.29. The van der Waals surface area contributed by atoms with Crippen molar-refractivity contribution in [2.24, 2.45) is 0 Å². The zero-order valence-electron chi connectivity index (χ0n) is 24.8. The summed E-state index contributed by atoms with van der Waals surface area (Å²) in [4.78, 5) is 15.1. The number of rotatable bonds is 5. The molecule has 0 saturated carbocycles. The first-order chi connectivity index (χ1) is 22.8. The first-order valence-electron chi connectivity index (χ1n) is 15.4. The Bertz CT molecular complexity index is 2420. The number of aromatic nitrogens is 5. The van der Waals surface area contributed by atoms with E-state index in [-0.39, 0.29) is 0 Å². The van der Waals surface area contributed by atoms with E-state index in [9.17, 15) is 0 Å². The summed E-state index contributed by atoms with van der Waals surface area (Å²) in [6, 6.07) is 54.7. The topological polar surface area (TPSA) is 48.5 Å². The largest absolute Gasteiger partial charge is 0.316 e. The zero-order chi connectivity index (χ0) is 30.5. The quantitative estimate of drug-likeness (QED) is 0.201. The van der Waals surface area contributed by atoms with Crippen LogP contribution in [0.4, 0.5) is 0 Å². The van der Waals surface area contributed by atoms with Gasteiger partial charge in [0.05, 0.1) is 16.6 Å². The second-order valence-corrected chi connectivity index (χ2v) is 11.4. The fraction of sp³-hybridized carbons (Fsp3) is 0. The van der Waals surface area contributed by atoms with E-state index in [1.807, 2.05) is 60.7 Å². The van der Waals surface area contributed by atoms with Crippen molar-refractivity contribution in [1.82, 2.24) is 24.1 Å². The third-order valence-electron chi connectivity index (χ3n) is 8.58. The zero-order valence-corrected chi connectivity index (χ0v) is 24.8. The van der Waals surface area contributed by atoms with Crippen molar-refractivity contribution < 1.29 is 0 Å². The SMILES string of the molecule is c1ccc(-c2nc(-c3ccccc3)nc(-c3cc(-n4ccc5ccccc54)cc(-n4c5ccccc5c5ccccc54)c3)n2)cc1. The van der Waals surface area contributed by atoms with Gasteiger partial charge in [0, 0.05) is 45.0 Å². The molecular formula is C41H27N5. The highest BCUT2D eigenvalue weighted by Gasteiger charge is 2.17. The summed E-state index contributed by atoms with van der Waals surface area (Å²) >= 11 is 0. The van der Waals surface area contributed by atoms with Crippen LogP contribution in [0, 0.1) is 0 Å². The molecule has 9 rings (SSSR count). The Kier molecular flexibility index (Phi) is 6.06. The normalized spacial score (nSPS) is 11.5. The number of para-hydroxylation sites is 3. The van der Waals surface area contributed by atoms with Crippen LogP contribution >= 0.6 is 0 Å². The Morgan fingerprint density at radius 1 is 0.370 bits per heavy atom. The fourth-order valence-electron chi connectivity index (χ4n) is 6.44. The lowest BCUT2D eigenvalue weighted by Gasteiger charge is -2.15. The molecule has 5 heteroatoms. The van der Waals surface area contributed by atoms with Crippen LogP contribution in [0.1, 0.15) is 0 Å². The van der Waals surface area contributed by atoms with Crippen LogP contribution in [0.25, 0.3) is 78.2 Å². The Labute approximate surface area is 265 Å². The summed E-state index contributed by atoms with van der Waals surface area (Å²) in [5, 5.41) is 3.62. The number of nitrogens with zero attached hydrogens (tertiary/aromatic N) is 5. The average Bonchev–Trinajstić information content (AvgIpc) is 3.72. The van der Waals surface area contributed by atoms with E-state index < -0.39 is 0 Å². The molecule has 0 bridgehead atoms. The maximum atomic E-state index is 5.09. The van der Waals surface area contributed by atoms with Gasteiger partial charge in [0.1, 0.15) is 0 Å². The molecule has 0 aliphatic carbocycles. The Balaban J connectivity index is 1.35. The van der Waals surface area contributed by atoms with Crippen molar-refractivity contribution in [3.05, 3.63) is 164 Å². The number of fused-ring (bicyclic) bond motifs is 4. The number of hydrogen-bond donors (Lipinski definition) is 0. The standard InChI is InChI=1S/C41H27N5/c1-3-14-29(15-4-1)39-42-40(30-16-5-2-6-17-30)44-41(43-39)31-25-32(45-24-23-28-13-7-10-20-36(28)45)27-33(26-31)46-37-21-11-8-18-34(37)35-19-9-12-22-38(35)46/h1-27H. The smallest absolute Gasteiger partial charge is 0.164 e. The van der Waals surface area contributed by atoms with Gasteiger partial charge in [0.25, 0.3) is 0 Å². The molecule has 0 radical (unpaired) electrons. The molecule has 0 atom stereocenters. The van der Waals surface area contributed by atoms with E-state index in [1.165, 1.54) is 16.2 Å². The lowest BCUT2D eigenvalue weighted by molar-refractivity contribution is 1.06. The summed E-state index contributed by atoms with van der Waals surface area (Å²) in [5.74, 6) is 1.90. The molecule has 0 fully saturated rings. The maximum Gasteiger partial charge on any atom is 0.164 e. The minimum absolute atomic E-state index is 0.619. The fourth-order valence-corrected chi connectivity index (χ4v) is 6.44. The van der Waals surface area contributed by atoms with E-state index in [4.69, 9.17) is 15.0 Å². The van der Waals surface area contributed by atoms with Gasteiger partial charge in [0.2, 0.25) is 0 Å². The van der Waals surface area contributed by atoms with Gasteiger partial charge in [-0.15, -0.1) is 0 Å². The molecule has 46 heavy (non-hydrogen) atoms. The maximum absolute atomic E-state index is 5.09. The molecule has 3 aromatic heterocycles. The van der Waals surface area contributed by atoms with Gasteiger partial charge in [-0.3, -0.25) is 0 Å². The first kappa shape index (κ1) is 26.1. The van der Waals surface area contributed by atoms with Crippen LogP contribution in [0.15, 0.2) is 164 Å². The molecule has 0 aliphatic rings. The third kappa shape index (κ3) is 4.37. The second kappa shape index (κ2) is 10.7. The van der Waals surface area contributed by atoms with Gasteiger partial charge in [0.15, 0.2) is 17.5 Å². The molecule has 0 aliphatic heterocycles. The van der Waals surface area contributed by atoms with Gasteiger partial charge in [-0.05, 0) is 47.9 Å². The van der Waals surface area contributed by atoms with E-state index in [0.717, 1.165) is 44.6 Å². The summed E-state index contributed by atoms with van der Waals surface area (Å²) in [7, 11) is 0. The molecule has 6 aromatic carbocycles. The first-order valence-corrected chi connectivity index (χ1v) is 15.4. The second-order valence-electron chi connectivity index (χ2n) is 11.4. The lowest BCUT2D eigenvalue weighted by atomic mass is 10.1. The van der Waals surface area contributed by atoms with E-state index >= 15 is 0 Å². The molecule has 0 amide bonds. The van der Waals surface area contributed by atoms with Gasteiger partial charge in [-0.1, -0.05) is 115 Å². The molecular weight excluding hydrogens is 562 g/mol. The predicted octanol–water partition coefficient (Wildman–Crippen LogP) is 9.91. The minimum atomic E-state index is 0.619. The van der Waals surface area contributed by atoms with Gasteiger partial charge in [-0.25, -0.2) is 15.0 Å². The summed E-state index contributed by atoms with van der Waals surface area (Å²) in [6.07, 6.45) is 2.14. The Hall–Kier alpha value is -6.33. The highest BCUT2D eigenvalue weighted by molar-refractivity contribution is 6.09. The number of hydrogen-bond acceptors (Lipinski definition) is 3. The molecule has 0 N–H and O–H groups in total. The third-order valence-corrected chi connectivity index (χ3v) is 8.58. The lowest BCUT2D eigenvalue weighted by Crippen LogP contribution is -2.03. The molecule has 5 nitrogen and oxygen atoms in total. The summed E-state index contributed by atoms with van der Waals surface area (Å²) < 4.78 is 4.59. The molecule has 9 aromatic rings. The van der Waals surface area contributed by atoms with Crippen LogP contribution in [-0.2, 0) is 0 Å². The van der Waals surface area contributed by atoms with E-state index in [2.05, 4.69) is 112 Å². The van der Waals surface area contributed by atoms with Crippen LogP contribution in [0.2, 0.25) is 0 Å². The molecule has 216 valence electrons. The van der Waals surface area contributed by atoms with Crippen LogP contribution in [0.5, 0.6) is 0 Å².